The third kappa shape index (κ3) is 5.09. The van der Waals surface area contributed by atoms with Gasteiger partial charge in [-0.15, -0.1) is 0 Å². The number of imidazole rings is 1. The first-order chi connectivity index (χ1) is 15.1. The van der Waals surface area contributed by atoms with Gasteiger partial charge in [0.2, 0.25) is 0 Å². The number of hydrogen-bond acceptors (Lipinski definition) is 2. The maximum Gasteiger partial charge on any atom is 0.319 e. The standard InChI is InChI=1S/C25H25FN4O/c1-18-11-13-20(17-21(18)26)28-25(31)27-15-16-30-23-10-6-5-9-22(23)29-24(30)14-12-19-7-3-2-4-8-19/h2-11,13,17H,12,14-16H2,1H3,(H2,27,28,31). The fourth-order valence-corrected chi connectivity index (χ4v) is 3.59. The van der Waals surface area contributed by atoms with Crippen molar-refractivity contribution in [2.24, 2.45) is 0 Å². The van der Waals surface area contributed by atoms with E-state index in [1.807, 2.05) is 42.5 Å². The van der Waals surface area contributed by atoms with Crippen molar-refractivity contribution in [3.05, 3.63) is 95.6 Å². The van der Waals surface area contributed by atoms with Gasteiger partial charge in [0.05, 0.1) is 11.0 Å². The monoisotopic (exact) mass is 416 g/mol. The van der Waals surface area contributed by atoms with Gasteiger partial charge in [-0.25, -0.2) is 14.2 Å². The number of hydrogen-bond donors (Lipinski definition) is 2. The smallest absolute Gasteiger partial charge is 0.319 e. The van der Waals surface area contributed by atoms with Crippen LogP contribution in [0.5, 0.6) is 0 Å². The molecule has 1 aromatic heterocycles. The van der Waals surface area contributed by atoms with Crippen LogP contribution >= 0.6 is 0 Å². The number of nitrogens with one attached hydrogen (secondary N) is 2. The summed E-state index contributed by atoms with van der Waals surface area (Å²) in [4.78, 5) is 17.0. The van der Waals surface area contributed by atoms with Gasteiger partial charge in [-0.05, 0) is 48.7 Å². The van der Waals surface area contributed by atoms with E-state index in [0.717, 1.165) is 29.7 Å². The highest BCUT2D eigenvalue weighted by Gasteiger charge is 2.11. The second-order valence-corrected chi connectivity index (χ2v) is 7.50. The summed E-state index contributed by atoms with van der Waals surface area (Å²) in [6, 6.07) is 22.6. The van der Waals surface area contributed by atoms with Gasteiger partial charge in [-0.2, -0.15) is 0 Å². The maximum atomic E-state index is 13.7. The Morgan fingerprint density at radius 1 is 1.00 bits per heavy atom. The summed E-state index contributed by atoms with van der Waals surface area (Å²) in [5, 5.41) is 5.52. The molecular formula is C25H25FN4O. The van der Waals surface area contributed by atoms with Gasteiger partial charge in [-0.1, -0.05) is 48.5 Å². The Hall–Kier alpha value is -3.67. The van der Waals surface area contributed by atoms with Crippen LogP contribution in [-0.2, 0) is 19.4 Å². The summed E-state index contributed by atoms with van der Waals surface area (Å²) in [6.45, 7) is 2.71. The number of anilines is 1. The molecule has 0 fully saturated rings. The first kappa shape index (κ1) is 20.6. The van der Waals surface area contributed by atoms with Crippen LogP contribution in [0.3, 0.4) is 0 Å². The SMILES string of the molecule is Cc1ccc(NC(=O)NCCn2c(CCc3ccccc3)nc3ccccc32)cc1F. The van der Waals surface area contributed by atoms with Crippen molar-refractivity contribution in [3.63, 3.8) is 0 Å². The largest absolute Gasteiger partial charge is 0.336 e. The highest BCUT2D eigenvalue weighted by atomic mass is 19.1. The lowest BCUT2D eigenvalue weighted by Gasteiger charge is -2.12. The van der Waals surface area contributed by atoms with Crippen molar-refractivity contribution in [3.8, 4) is 0 Å². The molecule has 4 aromatic rings. The van der Waals surface area contributed by atoms with Crippen molar-refractivity contribution in [1.29, 1.82) is 0 Å². The Bertz CT molecular complexity index is 1190. The van der Waals surface area contributed by atoms with E-state index >= 15 is 0 Å². The predicted molar refractivity (Wildman–Crippen MR) is 122 cm³/mol. The minimum absolute atomic E-state index is 0.342. The molecule has 0 aliphatic heterocycles. The number of carbonyl (C=O) groups is 1. The summed E-state index contributed by atoms with van der Waals surface area (Å²) in [5.74, 6) is 0.651. The average molecular weight is 417 g/mol. The molecule has 0 saturated heterocycles. The number of amides is 2. The number of aryl methyl sites for hydroxylation is 3. The zero-order valence-electron chi connectivity index (χ0n) is 17.4. The van der Waals surface area contributed by atoms with E-state index in [1.54, 1.807) is 19.1 Å². The highest BCUT2D eigenvalue weighted by molar-refractivity contribution is 5.89. The first-order valence-electron chi connectivity index (χ1n) is 10.4. The van der Waals surface area contributed by atoms with E-state index < -0.39 is 0 Å². The number of aromatic nitrogens is 2. The molecule has 0 radical (unpaired) electrons. The molecule has 0 atom stereocenters. The summed E-state index contributed by atoms with van der Waals surface area (Å²) in [5.41, 5.74) is 4.24. The zero-order valence-corrected chi connectivity index (χ0v) is 17.4. The second-order valence-electron chi connectivity index (χ2n) is 7.50. The van der Waals surface area contributed by atoms with Crippen LogP contribution in [0.15, 0.2) is 72.8 Å². The highest BCUT2D eigenvalue weighted by Crippen LogP contribution is 2.18. The van der Waals surface area contributed by atoms with Crippen LogP contribution in [0.4, 0.5) is 14.9 Å². The quantitative estimate of drug-likeness (QED) is 0.441. The molecule has 31 heavy (non-hydrogen) atoms. The zero-order chi connectivity index (χ0) is 21.6. The Morgan fingerprint density at radius 2 is 1.77 bits per heavy atom. The van der Waals surface area contributed by atoms with Gasteiger partial charge in [0.15, 0.2) is 0 Å². The predicted octanol–water partition coefficient (Wildman–Crippen LogP) is 5.09. The van der Waals surface area contributed by atoms with E-state index in [4.69, 9.17) is 4.98 Å². The third-order valence-electron chi connectivity index (χ3n) is 5.26. The van der Waals surface area contributed by atoms with Crippen LogP contribution in [0, 0.1) is 12.7 Å². The van der Waals surface area contributed by atoms with Crippen LogP contribution < -0.4 is 10.6 Å². The number of urea groups is 1. The molecule has 4 rings (SSSR count). The van der Waals surface area contributed by atoms with Crippen molar-refractivity contribution in [2.75, 3.05) is 11.9 Å². The van der Waals surface area contributed by atoms with Gasteiger partial charge >= 0.3 is 6.03 Å². The molecule has 5 nitrogen and oxygen atoms in total. The minimum atomic E-state index is -0.362. The summed E-state index contributed by atoms with van der Waals surface area (Å²) >= 11 is 0. The molecule has 0 aliphatic rings. The minimum Gasteiger partial charge on any atom is -0.336 e. The lowest BCUT2D eigenvalue weighted by molar-refractivity contribution is 0.251. The van der Waals surface area contributed by atoms with Gasteiger partial charge in [-0.3, -0.25) is 0 Å². The number of halogens is 1. The molecule has 2 N–H and O–H groups in total. The molecule has 2 amide bonds. The second kappa shape index (κ2) is 9.43. The van der Waals surface area contributed by atoms with Gasteiger partial charge in [0.1, 0.15) is 11.6 Å². The van der Waals surface area contributed by atoms with Gasteiger partial charge in [0, 0.05) is 25.2 Å². The van der Waals surface area contributed by atoms with E-state index in [9.17, 15) is 9.18 Å². The topological polar surface area (TPSA) is 59.0 Å². The third-order valence-corrected chi connectivity index (χ3v) is 5.26. The summed E-state index contributed by atoms with van der Waals surface area (Å²) < 4.78 is 15.8. The van der Waals surface area contributed by atoms with Crippen LogP contribution in [0.25, 0.3) is 11.0 Å². The number of benzene rings is 3. The number of nitrogens with zero attached hydrogens (tertiary/aromatic N) is 2. The van der Waals surface area contributed by atoms with Gasteiger partial charge in [0.25, 0.3) is 0 Å². The first-order valence-corrected chi connectivity index (χ1v) is 10.4. The molecule has 0 saturated carbocycles. The van der Waals surface area contributed by atoms with Crippen molar-refractivity contribution >= 4 is 22.8 Å². The summed E-state index contributed by atoms with van der Waals surface area (Å²) in [6.07, 6.45) is 1.71. The Kier molecular flexibility index (Phi) is 6.26. The molecule has 0 unspecified atom stereocenters. The lowest BCUT2D eigenvalue weighted by atomic mass is 10.1. The number of fused-ring (bicyclic) bond motifs is 1. The van der Waals surface area contributed by atoms with Crippen molar-refractivity contribution < 1.29 is 9.18 Å². The van der Waals surface area contributed by atoms with E-state index in [2.05, 4.69) is 27.3 Å². The summed E-state index contributed by atoms with van der Waals surface area (Å²) in [7, 11) is 0. The van der Waals surface area contributed by atoms with Crippen molar-refractivity contribution in [1.82, 2.24) is 14.9 Å². The number of para-hydroxylation sites is 2. The van der Waals surface area contributed by atoms with E-state index in [-0.39, 0.29) is 11.8 Å². The normalized spacial score (nSPS) is 10.9. The van der Waals surface area contributed by atoms with Crippen LogP contribution in [0.1, 0.15) is 17.0 Å². The maximum absolute atomic E-state index is 13.7. The molecule has 0 spiro atoms. The van der Waals surface area contributed by atoms with Crippen LogP contribution in [-0.4, -0.2) is 22.1 Å². The molecule has 1 heterocycles. The number of rotatable bonds is 7. The molecule has 0 aliphatic carbocycles. The van der Waals surface area contributed by atoms with Gasteiger partial charge < -0.3 is 15.2 Å². The van der Waals surface area contributed by atoms with E-state index in [0.29, 0.717) is 24.3 Å². The molecule has 3 aromatic carbocycles. The molecule has 0 bridgehead atoms. The molecule has 158 valence electrons. The van der Waals surface area contributed by atoms with Crippen molar-refractivity contribution in [2.45, 2.75) is 26.3 Å². The Balaban J connectivity index is 1.41. The average Bonchev–Trinajstić information content (AvgIpc) is 3.13. The fraction of sp³-hybridized carbons (Fsp3) is 0.200. The Labute approximate surface area is 180 Å². The van der Waals surface area contributed by atoms with Crippen LogP contribution in [0.2, 0.25) is 0 Å². The Morgan fingerprint density at radius 3 is 2.58 bits per heavy atom. The fourth-order valence-electron chi connectivity index (χ4n) is 3.59. The molecular weight excluding hydrogens is 391 g/mol. The molecule has 6 heteroatoms. The van der Waals surface area contributed by atoms with E-state index in [1.165, 1.54) is 11.6 Å². The lowest BCUT2D eigenvalue weighted by Crippen LogP contribution is -2.31. The number of carbonyl (C=O) groups excluding carboxylic acids is 1.